The van der Waals surface area contributed by atoms with Crippen LogP contribution in [0, 0.1) is 34.0 Å². The fraction of sp³-hybridized carbons (Fsp3) is 0.267. The van der Waals surface area contributed by atoms with Crippen molar-refractivity contribution in [2.45, 2.75) is 6.92 Å². The molecule has 2 N–H and O–H groups in total. The number of hydrogen-bond acceptors (Lipinski definition) is 6. The number of anilines is 2. The van der Waals surface area contributed by atoms with Crippen molar-refractivity contribution in [3.05, 3.63) is 35.5 Å². The molecule has 0 heterocycles. The van der Waals surface area contributed by atoms with E-state index in [4.69, 9.17) is 20.9 Å². The first-order valence-corrected chi connectivity index (χ1v) is 6.37. The highest BCUT2D eigenvalue weighted by atomic mass is 16.3. The third-order valence-corrected chi connectivity index (χ3v) is 2.84. The van der Waals surface area contributed by atoms with E-state index in [1.54, 1.807) is 30.3 Å². The summed E-state index contributed by atoms with van der Waals surface area (Å²) in [4.78, 5) is 2.00. The molecule has 0 fully saturated rings. The summed E-state index contributed by atoms with van der Waals surface area (Å²) in [6, 6.07) is 12.3. The molecule has 0 atom stereocenters. The molecule has 106 valence electrons. The Kier molecular flexibility index (Phi) is 6.28. The van der Waals surface area contributed by atoms with Crippen LogP contribution >= 0.6 is 0 Å². The molecular weight excluding hydrogens is 266 g/mol. The van der Waals surface area contributed by atoms with Gasteiger partial charge < -0.3 is 15.3 Å². The first-order chi connectivity index (χ1) is 10.2. The molecule has 1 aromatic carbocycles. The predicted octanol–water partition coefficient (Wildman–Crippen LogP) is 1.74. The molecule has 0 spiro atoms. The molecule has 1 aromatic rings. The Hall–Kier alpha value is -3.01. The molecule has 0 aliphatic heterocycles. The lowest BCUT2D eigenvalue weighted by molar-refractivity contribution is 0.302. The lowest BCUT2D eigenvalue weighted by Crippen LogP contribution is -2.25. The number of nitrogens with zero attached hydrogens (tertiary/aromatic N) is 4. The zero-order chi connectivity index (χ0) is 15.7. The monoisotopic (exact) mass is 281 g/mol. The second kappa shape index (κ2) is 8.22. The summed E-state index contributed by atoms with van der Waals surface area (Å²) in [6.45, 7) is 3.37. The van der Waals surface area contributed by atoms with Gasteiger partial charge in [0.15, 0.2) is 5.57 Å². The summed E-state index contributed by atoms with van der Waals surface area (Å²) in [5.41, 5.74) is 1.23. The number of rotatable bonds is 6. The number of benzene rings is 1. The summed E-state index contributed by atoms with van der Waals surface area (Å²) in [5, 5.41) is 38.2. The van der Waals surface area contributed by atoms with Gasteiger partial charge in [-0.25, -0.2) is 0 Å². The SMILES string of the molecule is CCN(CCO)c1ccc(NC(C#N)=C(C#N)C#N)cc1. The van der Waals surface area contributed by atoms with Crippen molar-refractivity contribution in [3.8, 4) is 18.2 Å². The molecule has 6 heteroatoms. The van der Waals surface area contributed by atoms with E-state index in [-0.39, 0.29) is 17.9 Å². The molecule has 6 nitrogen and oxygen atoms in total. The van der Waals surface area contributed by atoms with Gasteiger partial charge in [-0.05, 0) is 31.2 Å². The van der Waals surface area contributed by atoms with Gasteiger partial charge in [0.05, 0.1) is 6.61 Å². The van der Waals surface area contributed by atoms with E-state index >= 15 is 0 Å². The summed E-state index contributed by atoms with van der Waals surface area (Å²) in [6.07, 6.45) is 0. The van der Waals surface area contributed by atoms with E-state index in [1.807, 2.05) is 24.0 Å². The molecule has 21 heavy (non-hydrogen) atoms. The van der Waals surface area contributed by atoms with Gasteiger partial charge in [0.25, 0.3) is 0 Å². The predicted molar refractivity (Wildman–Crippen MR) is 78.9 cm³/mol. The summed E-state index contributed by atoms with van der Waals surface area (Å²) in [7, 11) is 0. The Morgan fingerprint density at radius 1 is 1.14 bits per heavy atom. The Morgan fingerprint density at radius 2 is 1.76 bits per heavy atom. The second-order valence-electron chi connectivity index (χ2n) is 4.06. The van der Waals surface area contributed by atoms with Gasteiger partial charge in [-0.2, -0.15) is 15.8 Å². The third-order valence-electron chi connectivity index (χ3n) is 2.84. The number of nitriles is 3. The average Bonchev–Trinajstić information content (AvgIpc) is 2.53. The summed E-state index contributed by atoms with van der Waals surface area (Å²) < 4.78 is 0. The average molecular weight is 281 g/mol. The Morgan fingerprint density at radius 3 is 2.19 bits per heavy atom. The molecule has 1 rings (SSSR count). The second-order valence-corrected chi connectivity index (χ2v) is 4.06. The van der Waals surface area contributed by atoms with Crippen molar-refractivity contribution in [2.24, 2.45) is 0 Å². The third kappa shape index (κ3) is 4.24. The maximum Gasteiger partial charge on any atom is 0.163 e. The van der Waals surface area contributed by atoms with E-state index in [2.05, 4.69) is 5.32 Å². The van der Waals surface area contributed by atoms with Crippen molar-refractivity contribution in [2.75, 3.05) is 29.9 Å². The van der Waals surface area contributed by atoms with E-state index < -0.39 is 0 Å². The van der Waals surface area contributed by atoms with Crippen LogP contribution in [-0.4, -0.2) is 24.8 Å². The molecule has 0 radical (unpaired) electrons. The topological polar surface area (TPSA) is 107 Å². The number of aliphatic hydroxyl groups is 1. The van der Waals surface area contributed by atoms with Gasteiger partial charge in [0.2, 0.25) is 0 Å². The van der Waals surface area contributed by atoms with Gasteiger partial charge in [0, 0.05) is 24.5 Å². The van der Waals surface area contributed by atoms with E-state index in [0.29, 0.717) is 12.2 Å². The molecule has 0 aliphatic rings. The van der Waals surface area contributed by atoms with E-state index in [1.165, 1.54) is 0 Å². The molecule has 0 saturated carbocycles. The van der Waals surface area contributed by atoms with Crippen LogP contribution < -0.4 is 10.2 Å². The quantitative estimate of drug-likeness (QED) is 0.769. The van der Waals surface area contributed by atoms with E-state index in [0.717, 1.165) is 12.2 Å². The van der Waals surface area contributed by atoms with Crippen LogP contribution in [0.1, 0.15) is 6.92 Å². The van der Waals surface area contributed by atoms with Crippen molar-refractivity contribution in [3.63, 3.8) is 0 Å². The van der Waals surface area contributed by atoms with Crippen LogP contribution in [-0.2, 0) is 0 Å². The Balaban J connectivity index is 2.94. The highest BCUT2D eigenvalue weighted by Crippen LogP contribution is 2.19. The standard InChI is InChI=1S/C15H15N5O/c1-2-20(7-8-21)14-5-3-13(4-6-14)19-15(11-18)12(9-16)10-17/h3-6,19,21H,2,7-8H2,1H3. The smallest absolute Gasteiger partial charge is 0.163 e. The van der Waals surface area contributed by atoms with Crippen molar-refractivity contribution in [1.29, 1.82) is 15.8 Å². The normalized spacial score (nSPS) is 8.90. The summed E-state index contributed by atoms with van der Waals surface area (Å²) >= 11 is 0. The van der Waals surface area contributed by atoms with Gasteiger partial charge in [0.1, 0.15) is 23.9 Å². The van der Waals surface area contributed by atoms with Gasteiger partial charge in [-0.15, -0.1) is 0 Å². The Bertz CT molecular complexity index is 612. The van der Waals surface area contributed by atoms with Gasteiger partial charge >= 0.3 is 0 Å². The van der Waals surface area contributed by atoms with Gasteiger partial charge in [-0.3, -0.25) is 0 Å². The van der Waals surface area contributed by atoms with Crippen LogP contribution in [0.2, 0.25) is 0 Å². The zero-order valence-corrected chi connectivity index (χ0v) is 11.7. The van der Waals surface area contributed by atoms with Crippen molar-refractivity contribution >= 4 is 11.4 Å². The fourth-order valence-corrected chi connectivity index (χ4v) is 1.77. The maximum atomic E-state index is 8.99. The Labute approximate surface area is 123 Å². The molecular formula is C15H15N5O. The highest BCUT2D eigenvalue weighted by Gasteiger charge is 2.07. The zero-order valence-electron chi connectivity index (χ0n) is 11.7. The number of likely N-dealkylation sites (N-methyl/N-ethyl adjacent to an activating group) is 1. The van der Waals surface area contributed by atoms with Gasteiger partial charge in [-0.1, -0.05) is 0 Å². The largest absolute Gasteiger partial charge is 0.395 e. The number of aliphatic hydroxyl groups excluding tert-OH is 1. The molecule has 0 saturated heterocycles. The first-order valence-electron chi connectivity index (χ1n) is 6.37. The molecule has 0 amide bonds. The molecule has 0 unspecified atom stereocenters. The van der Waals surface area contributed by atoms with E-state index in [9.17, 15) is 0 Å². The minimum Gasteiger partial charge on any atom is -0.395 e. The van der Waals surface area contributed by atoms with Crippen LogP contribution in [0.5, 0.6) is 0 Å². The minimum absolute atomic E-state index is 0.0723. The highest BCUT2D eigenvalue weighted by molar-refractivity contribution is 5.61. The molecule has 0 aromatic heterocycles. The molecule has 0 aliphatic carbocycles. The first kappa shape index (κ1) is 16.0. The van der Waals surface area contributed by atoms with Crippen LogP contribution in [0.4, 0.5) is 11.4 Å². The minimum atomic E-state index is -0.253. The van der Waals surface area contributed by atoms with Crippen molar-refractivity contribution < 1.29 is 5.11 Å². The number of nitrogens with one attached hydrogen (secondary N) is 1. The maximum absolute atomic E-state index is 8.99. The number of allylic oxidation sites excluding steroid dienone is 2. The lowest BCUT2D eigenvalue weighted by Gasteiger charge is -2.22. The van der Waals surface area contributed by atoms with Crippen LogP contribution in [0.15, 0.2) is 35.5 Å². The number of hydrogen-bond donors (Lipinski definition) is 2. The van der Waals surface area contributed by atoms with Crippen molar-refractivity contribution in [1.82, 2.24) is 0 Å². The fourth-order valence-electron chi connectivity index (χ4n) is 1.77. The van der Waals surface area contributed by atoms with Crippen LogP contribution in [0.25, 0.3) is 0 Å². The summed E-state index contributed by atoms with van der Waals surface area (Å²) in [5.74, 6) is 0. The van der Waals surface area contributed by atoms with Crippen LogP contribution in [0.3, 0.4) is 0 Å². The molecule has 0 bridgehead atoms. The lowest BCUT2D eigenvalue weighted by atomic mass is 10.2.